The van der Waals surface area contributed by atoms with Gasteiger partial charge in [0.25, 0.3) is 0 Å². The van der Waals surface area contributed by atoms with E-state index in [9.17, 15) is 8.42 Å². The van der Waals surface area contributed by atoms with Gasteiger partial charge in [0.1, 0.15) is 0 Å². The Morgan fingerprint density at radius 3 is 2.93 bits per heavy atom. The summed E-state index contributed by atoms with van der Waals surface area (Å²) in [4.78, 5) is 0. The minimum absolute atomic E-state index is 0.184. The van der Waals surface area contributed by atoms with Gasteiger partial charge in [0.05, 0.1) is 17.1 Å². The summed E-state index contributed by atoms with van der Waals surface area (Å²) in [5.41, 5.74) is 1.54. The molecule has 2 rings (SSSR count). The maximum atomic E-state index is 11.7. The van der Waals surface area contributed by atoms with Crippen molar-refractivity contribution in [1.29, 1.82) is 0 Å². The summed E-state index contributed by atoms with van der Waals surface area (Å²) in [7, 11) is -1.42. The molecule has 1 aliphatic heterocycles. The third kappa shape index (κ3) is 1.30. The predicted molar refractivity (Wildman–Crippen MR) is 53.1 cm³/mol. The van der Waals surface area contributed by atoms with Crippen molar-refractivity contribution in [2.24, 2.45) is 7.05 Å². The molecule has 2 heterocycles. The van der Waals surface area contributed by atoms with E-state index in [0.29, 0.717) is 18.7 Å². The minimum Gasteiger partial charge on any atom is -0.381 e. The Bertz CT molecular complexity index is 461. The molecule has 0 radical (unpaired) electrons. The molecular weight excluding hydrogens is 202 g/mol. The Morgan fingerprint density at radius 1 is 1.50 bits per heavy atom. The summed E-state index contributed by atoms with van der Waals surface area (Å²) in [6.45, 7) is 2.55. The van der Waals surface area contributed by atoms with E-state index in [1.54, 1.807) is 11.7 Å². The fourth-order valence-corrected chi connectivity index (χ4v) is 3.07. The van der Waals surface area contributed by atoms with Gasteiger partial charge in [0.2, 0.25) is 0 Å². The maximum Gasteiger partial charge on any atom is 0.200 e. The molecule has 1 aromatic rings. The van der Waals surface area contributed by atoms with Crippen LogP contribution in [0.1, 0.15) is 12.1 Å². The smallest absolute Gasteiger partial charge is 0.200 e. The first-order chi connectivity index (χ1) is 6.52. The van der Waals surface area contributed by atoms with E-state index >= 15 is 0 Å². The maximum absolute atomic E-state index is 11.7. The highest BCUT2D eigenvalue weighted by Gasteiger charge is 2.27. The highest BCUT2D eigenvalue weighted by Crippen LogP contribution is 2.27. The molecule has 0 spiro atoms. The highest BCUT2D eigenvalue weighted by atomic mass is 32.2. The molecule has 1 aromatic heterocycles. The van der Waals surface area contributed by atoms with Gasteiger partial charge in [-0.1, -0.05) is 0 Å². The second-order valence-corrected chi connectivity index (χ2v) is 5.51. The lowest BCUT2D eigenvalue weighted by atomic mass is 10.4. The minimum atomic E-state index is -3.17. The quantitative estimate of drug-likeness (QED) is 0.677. The molecule has 6 heteroatoms. The number of nitrogens with zero attached hydrogens (tertiary/aromatic N) is 2. The van der Waals surface area contributed by atoms with Crippen LogP contribution in [0.5, 0.6) is 0 Å². The molecule has 0 aromatic carbocycles. The highest BCUT2D eigenvalue weighted by molar-refractivity contribution is 7.91. The SMILES string of the molecule is Cc1c2c(nn1C)S(=O)(=O)CCCN2. The van der Waals surface area contributed by atoms with Crippen LogP contribution in [0.3, 0.4) is 0 Å². The van der Waals surface area contributed by atoms with Gasteiger partial charge < -0.3 is 5.32 Å². The summed E-state index contributed by atoms with van der Waals surface area (Å²) in [5, 5.41) is 7.34. The van der Waals surface area contributed by atoms with Gasteiger partial charge >= 0.3 is 0 Å². The second-order valence-electron chi connectivity index (χ2n) is 3.49. The van der Waals surface area contributed by atoms with Crippen molar-refractivity contribution in [3.05, 3.63) is 5.69 Å². The number of sulfone groups is 1. The number of hydrogen-bond acceptors (Lipinski definition) is 4. The molecule has 0 aliphatic carbocycles. The molecule has 0 bridgehead atoms. The van der Waals surface area contributed by atoms with Gasteiger partial charge in [-0.3, -0.25) is 4.68 Å². The Kier molecular flexibility index (Phi) is 2.02. The second kappa shape index (κ2) is 2.98. The van der Waals surface area contributed by atoms with Crippen molar-refractivity contribution in [2.45, 2.75) is 18.4 Å². The van der Waals surface area contributed by atoms with E-state index in [0.717, 1.165) is 5.69 Å². The molecule has 1 aliphatic rings. The molecule has 0 atom stereocenters. The summed E-state index contributed by atoms with van der Waals surface area (Å²) >= 11 is 0. The van der Waals surface area contributed by atoms with Crippen LogP contribution < -0.4 is 5.32 Å². The first-order valence-corrected chi connectivity index (χ1v) is 6.18. The fourth-order valence-electron chi connectivity index (χ4n) is 1.57. The van der Waals surface area contributed by atoms with Crippen molar-refractivity contribution < 1.29 is 8.42 Å². The number of aryl methyl sites for hydroxylation is 1. The summed E-state index contributed by atoms with van der Waals surface area (Å²) < 4.78 is 25.1. The van der Waals surface area contributed by atoms with E-state index < -0.39 is 9.84 Å². The zero-order valence-corrected chi connectivity index (χ0v) is 9.06. The van der Waals surface area contributed by atoms with Crippen LogP contribution in [0.25, 0.3) is 0 Å². The Labute approximate surface area is 83.0 Å². The van der Waals surface area contributed by atoms with Crippen LogP contribution in [0, 0.1) is 6.92 Å². The van der Waals surface area contributed by atoms with E-state index in [1.807, 2.05) is 6.92 Å². The lowest BCUT2D eigenvalue weighted by Gasteiger charge is -2.01. The van der Waals surface area contributed by atoms with Crippen LogP contribution in [0.4, 0.5) is 5.69 Å². The summed E-state index contributed by atoms with van der Waals surface area (Å²) in [6, 6.07) is 0. The predicted octanol–water partition coefficient (Wildman–Crippen LogP) is 0.318. The van der Waals surface area contributed by atoms with Gasteiger partial charge in [-0.05, 0) is 13.3 Å². The third-order valence-corrected chi connectivity index (χ3v) is 4.19. The lowest BCUT2D eigenvalue weighted by Crippen LogP contribution is -2.07. The number of nitrogens with one attached hydrogen (secondary N) is 1. The molecule has 0 unspecified atom stereocenters. The molecule has 0 saturated carbocycles. The topological polar surface area (TPSA) is 64.0 Å². The molecule has 78 valence electrons. The van der Waals surface area contributed by atoms with E-state index in [2.05, 4.69) is 10.4 Å². The van der Waals surface area contributed by atoms with Crippen molar-refractivity contribution in [2.75, 3.05) is 17.6 Å². The first kappa shape index (κ1) is 9.51. The number of aromatic nitrogens is 2. The molecule has 14 heavy (non-hydrogen) atoms. The summed E-state index contributed by atoms with van der Waals surface area (Å²) in [5.74, 6) is 0.184. The van der Waals surface area contributed by atoms with Gasteiger partial charge in [-0.15, -0.1) is 0 Å². The Hall–Kier alpha value is -1.04. The molecule has 1 N–H and O–H groups in total. The van der Waals surface area contributed by atoms with Crippen LogP contribution in [0.15, 0.2) is 5.03 Å². The number of fused-ring (bicyclic) bond motifs is 1. The van der Waals surface area contributed by atoms with E-state index in [4.69, 9.17) is 0 Å². The monoisotopic (exact) mass is 215 g/mol. The van der Waals surface area contributed by atoms with Crippen LogP contribution >= 0.6 is 0 Å². The van der Waals surface area contributed by atoms with E-state index in [1.165, 1.54) is 0 Å². The number of rotatable bonds is 0. The average molecular weight is 215 g/mol. The first-order valence-electron chi connectivity index (χ1n) is 4.52. The molecule has 5 nitrogen and oxygen atoms in total. The third-order valence-electron chi connectivity index (χ3n) is 2.49. The van der Waals surface area contributed by atoms with Crippen LogP contribution in [-0.2, 0) is 16.9 Å². The number of anilines is 1. The Balaban J connectivity index is 2.68. The van der Waals surface area contributed by atoms with Crippen molar-refractivity contribution in [3.63, 3.8) is 0 Å². The van der Waals surface area contributed by atoms with Crippen LogP contribution in [-0.4, -0.2) is 30.5 Å². The van der Waals surface area contributed by atoms with Gasteiger partial charge in [-0.25, -0.2) is 8.42 Å². The molecule has 0 saturated heterocycles. The molecular formula is C8H13N3O2S. The van der Waals surface area contributed by atoms with Crippen molar-refractivity contribution >= 4 is 15.5 Å². The lowest BCUT2D eigenvalue weighted by molar-refractivity contribution is 0.587. The van der Waals surface area contributed by atoms with Crippen molar-refractivity contribution in [3.8, 4) is 0 Å². The van der Waals surface area contributed by atoms with E-state index in [-0.39, 0.29) is 10.8 Å². The zero-order valence-electron chi connectivity index (χ0n) is 8.24. The summed E-state index contributed by atoms with van der Waals surface area (Å²) in [6.07, 6.45) is 0.641. The molecule has 0 fully saturated rings. The van der Waals surface area contributed by atoms with Gasteiger partial charge in [-0.2, -0.15) is 5.10 Å². The van der Waals surface area contributed by atoms with Crippen molar-refractivity contribution in [1.82, 2.24) is 9.78 Å². The zero-order chi connectivity index (χ0) is 10.3. The average Bonchev–Trinajstić information content (AvgIpc) is 2.30. The fraction of sp³-hybridized carbons (Fsp3) is 0.625. The standard InChI is InChI=1S/C8H13N3O2S/c1-6-7-8(10-11(6)2)14(12,13)5-3-4-9-7/h9H,3-5H2,1-2H3. The largest absolute Gasteiger partial charge is 0.381 e. The normalized spacial score (nSPS) is 19.6. The van der Waals surface area contributed by atoms with Crippen LogP contribution in [0.2, 0.25) is 0 Å². The molecule has 0 amide bonds. The Morgan fingerprint density at radius 2 is 2.21 bits per heavy atom. The van der Waals surface area contributed by atoms with Gasteiger partial charge in [0, 0.05) is 13.6 Å². The number of hydrogen-bond donors (Lipinski definition) is 1. The van der Waals surface area contributed by atoms with Gasteiger partial charge in [0.15, 0.2) is 14.9 Å².